The lowest BCUT2D eigenvalue weighted by molar-refractivity contribution is 0.526. The number of rotatable bonds is 5. The molecule has 4 heteroatoms. The van der Waals surface area contributed by atoms with Gasteiger partial charge in [0.05, 0.1) is 6.04 Å². The Bertz CT molecular complexity index is 642. The zero-order chi connectivity index (χ0) is 14.7. The zero-order valence-electron chi connectivity index (χ0n) is 11.6. The van der Waals surface area contributed by atoms with Gasteiger partial charge in [0.25, 0.3) is 0 Å². The maximum atomic E-state index is 6.10. The predicted molar refractivity (Wildman–Crippen MR) is 93.5 cm³/mol. The van der Waals surface area contributed by atoms with E-state index in [1.54, 1.807) is 22.7 Å². The fraction of sp³-hybridized carbons (Fsp3) is 0.176. The fourth-order valence-corrected chi connectivity index (χ4v) is 4.22. The summed E-state index contributed by atoms with van der Waals surface area (Å²) in [5.41, 5.74) is 1.21. The Balaban J connectivity index is 1.85. The molecule has 2 aromatic heterocycles. The minimum absolute atomic E-state index is 0.234. The lowest BCUT2D eigenvalue weighted by Gasteiger charge is -2.22. The molecular weight excluding hydrogens is 318 g/mol. The Morgan fingerprint density at radius 2 is 1.62 bits per heavy atom. The van der Waals surface area contributed by atoms with Crippen molar-refractivity contribution in [1.82, 2.24) is 5.32 Å². The Labute approximate surface area is 138 Å². The van der Waals surface area contributed by atoms with Gasteiger partial charge in [0, 0.05) is 20.8 Å². The van der Waals surface area contributed by atoms with Crippen molar-refractivity contribution < 1.29 is 0 Å². The fourth-order valence-electron chi connectivity index (χ4n) is 2.34. The van der Waals surface area contributed by atoms with Crippen LogP contribution in [0.25, 0.3) is 0 Å². The summed E-state index contributed by atoms with van der Waals surface area (Å²) in [6.45, 7) is 2.18. The third-order valence-electron chi connectivity index (χ3n) is 3.42. The highest BCUT2D eigenvalue weighted by molar-refractivity contribution is 7.11. The molecule has 3 rings (SSSR count). The first-order valence-electron chi connectivity index (χ1n) is 6.82. The second-order valence-electron chi connectivity index (χ2n) is 4.91. The Morgan fingerprint density at radius 1 is 0.952 bits per heavy atom. The van der Waals surface area contributed by atoms with Crippen molar-refractivity contribution in [2.75, 3.05) is 0 Å². The van der Waals surface area contributed by atoms with E-state index in [2.05, 4.69) is 53.3 Å². The van der Waals surface area contributed by atoms with Crippen LogP contribution in [0, 0.1) is 0 Å². The Kier molecular flexibility index (Phi) is 4.76. The van der Waals surface area contributed by atoms with Crippen LogP contribution in [-0.4, -0.2) is 0 Å². The van der Waals surface area contributed by atoms with E-state index in [0.717, 1.165) is 5.02 Å². The van der Waals surface area contributed by atoms with Crippen LogP contribution in [0.1, 0.15) is 34.3 Å². The minimum atomic E-state index is 0.234. The lowest BCUT2D eigenvalue weighted by Crippen LogP contribution is -2.24. The number of halogens is 1. The highest BCUT2D eigenvalue weighted by Gasteiger charge is 2.19. The SMILES string of the molecule is C[C@H](NC(c1cccs1)c1cccs1)c1cccc(Cl)c1. The molecule has 3 aromatic rings. The summed E-state index contributed by atoms with van der Waals surface area (Å²) in [5.74, 6) is 0. The van der Waals surface area contributed by atoms with E-state index in [1.165, 1.54) is 15.3 Å². The van der Waals surface area contributed by atoms with Crippen molar-refractivity contribution in [3.8, 4) is 0 Å². The second kappa shape index (κ2) is 6.75. The van der Waals surface area contributed by atoms with Gasteiger partial charge < -0.3 is 0 Å². The molecule has 0 spiro atoms. The van der Waals surface area contributed by atoms with Gasteiger partial charge in [-0.05, 0) is 47.5 Å². The molecule has 0 saturated heterocycles. The molecule has 0 fully saturated rings. The molecule has 1 nitrogen and oxygen atoms in total. The molecule has 0 aliphatic carbocycles. The summed E-state index contributed by atoms with van der Waals surface area (Å²) in [6.07, 6.45) is 0. The summed E-state index contributed by atoms with van der Waals surface area (Å²) in [6, 6.07) is 17.1. The molecule has 1 atom stereocenters. The van der Waals surface area contributed by atoms with Gasteiger partial charge in [-0.2, -0.15) is 0 Å². The molecule has 0 amide bonds. The highest BCUT2D eigenvalue weighted by atomic mass is 35.5. The van der Waals surface area contributed by atoms with E-state index in [1.807, 2.05) is 18.2 Å². The van der Waals surface area contributed by atoms with Crippen molar-refractivity contribution >= 4 is 34.3 Å². The molecule has 21 heavy (non-hydrogen) atoms. The molecule has 0 aliphatic rings. The number of nitrogens with one attached hydrogen (secondary N) is 1. The van der Waals surface area contributed by atoms with E-state index >= 15 is 0 Å². The first-order chi connectivity index (χ1) is 10.2. The third-order valence-corrected chi connectivity index (χ3v) is 5.53. The predicted octanol–water partition coefficient (Wildman–Crippen LogP) is 5.90. The average Bonchev–Trinajstić information content (AvgIpc) is 3.18. The summed E-state index contributed by atoms with van der Waals surface area (Å²) < 4.78 is 0. The van der Waals surface area contributed by atoms with Gasteiger partial charge in [-0.1, -0.05) is 35.9 Å². The molecule has 2 heterocycles. The normalized spacial score (nSPS) is 12.7. The van der Waals surface area contributed by atoms with Crippen molar-refractivity contribution in [3.63, 3.8) is 0 Å². The van der Waals surface area contributed by atoms with Crippen molar-refractivity contribution in [2.24, 2.45) is 0 Å². The maximum absolute atomic E-state index is 6.10. The van der Waals surface area contributed by atoms with Gasteiger partial charge in [0.2, 0.25) is 0 Å². The van der Waals surface area contributed by atoms with Crippen LogP contribution >= 0.6 is 34.3 Å². The number of thiophene rings is 2. The topological polar surface area (TPSA) is 12.0 Å². The van der Waals surface area contributed by atoms with Crippen molar-refractivity contribution in [2.45, 2.75) is 19.0 Å². The van der Waals surface area contributed by atoms with Crippen LogP contribution in [0.3, 0.4) is 0 Å². The van der Waals surface area contributed by atoms with Crippen LogP contribution in [0.4, 0.5) is 0 Å². The largest absolute Gasteiger partial charge is 0.298 e. The molecule has 0 saturated carbocycles. The second-order valence-corrected chi connectivity index (χ2v) is 7.30. The van der Waals surface area contributed by atoms with Crippen LogP contribution in [0.2, 0.25) is 5.02 Å². The highest BCUT2D eigenvalue weighted by Crippen LogP contribution is 2.31. The van der Waals surface area contributed by atoms with Crippen LogP contribution in [0.5, 0.6) is 0 Å². The summed E-state index contributed by atoms with van der Waals surface area (Å²) in [7, 11) is 0. The molecule has 0 unspecified atom stereocenters. The number of hydrogen-bond acceptors (Lipinski definition) is 3. The molecule has 108 valence electrons. The smallest absolute Gasteiger partial charge is 0.0769 e. The van der Waals surface area contributed by atoms with Gasteiger partial charge in [-0.3, -0.25) is 5.32 Å². The van der Waals surface area contributed by atoms with Crippen LogP contribution in [-0.2, 0) is 0 Å². The van der Waals surface area contributed by atoms with E-state index in [-0.39, 0.29) is 12.1 Å². The summed E-state index contributed by atoms with van der Waals surface area (Å²) in [4.78, 5) is 2.68. The van der Waals surface area contributed by atoms with Gasteiger partial charge in [0.15, 0.2) is 0 Å². The Morgan fingerprint density at radius 3 is 2.14 bits per heavy atom. The zero-order valence-corrected chi connectivity index (χ0v) is 14.0. The quantitative estimate of drug-likeness (QED) is 0.612. The van der Waals surface area contributed by atoms with E-state index in [4.69, 9.17) is 11.6 Å². The van der Waals surface area contributed by atoms with Gasteiger partial charge in [-0.25, -0.2) is 0 Å². The van der Waals surface area contributed by atoms with Crippen LogP contribution < -0.4 is 5.32 Å². The lowest BCUT2D eigenvalue weighted by atomic mass is 10.1. The molecule has 0 bridgehead atoms. The van der Waals surface area contributed by atoms with Gasteiger partial charge in [-0.15, -0.1) is 22.7 Å². The van der Waals surface area contributed by atoms with Crippen molar-refractivity contribution in [3.05, 3.63) is 79.6 Å². The van der Waals surface area contributed by atoms with Crippen LogP contribution in [0.15, 0.2) is 59.3 Å². The molecule has 1 aromatic carbocycles. The van der Waals surface area contributed by atoms with Gasteiger partial charge in [0.1, 0.15) is 0 Å². The number of benzene rings is 1. The number of hydrogen-bond donors (Lipinski definition) is 1. The Hall–Kier alpha value is -1.13. The average molecular weight is 334 g/mol. The van der Waals surface area contributed by atoms with Gasteiger partial charge >= 0.3 is 0 Å². The molecule has 0 aliphatic heterocycles. The molecule has 1 N–H and O–H groups in total. The minimum Gasteiger partial charge on any atom is -0.298 e. The third kappa shape index (κ3) is 3.55. The van der Waals surface area contributed by atoms with E-state index in [0.29, 0.717) is 0 Å². The van der Waals surface area contributed by atoms with E-state index in [9.17, 15) is 0 Å². The molecule has 0 radical (unpaired) electrons. The first-order valence-corrected chi connectivity index (χ1v) is 8.96. The van der Waals surface area contributed by atoms with E-state index < -0.39 is 0 Å². The summed E-state index contributed by atoms with van der Waals surface area (Å²) in [5, 5.41) is 8.76. The standard InChI is InChI=1S/C17H16ClNS2/c1-12(13-5-2-6-14(18)11-13)19-17(15-7-3-9-20-15)16-8-4-10-21-16/h2-12,17,19H,1H3/t12-/m0/s1. The molecular formula is C17H16ClNS2. The monoisotopic (exact) mass is 333 g/mol. The first kappa shape index (κ1) is 14.8. The van der Waals surface area contributed by atoms with Crippen molar-refractivity contribution in [1.29, 1.82) is 0 Å². The summed E-state index contributed by atoms with van der Waals surface area (Å²) >= 11 is 9.68. The maximum Gasteiger partial charge on any atom is 0.0769 e.